The molecule has 0 radical (unpaired) electrons. The van der Waals surface area contributed by atoms with Crippen LogP contribution in [0, 0.1) is 0 Å². The summed E-state index contributed by atoms with van der Waals surface area (Å²) in [6.45, 7) is 1.58. The van der Waals surface area contributed by atoms with E-state index in [1.54, 1.807) is 0 Å². The van der Waals surface area contributed by atoms with Crippen molar-refractivity contribution in [2.45, 2.75) is 50.0 Å². The predicted molar refractivity (Wildman–Crippen MR) is 95.3 cm³/mol. The highest BCUT2D eigenvalue weighted by atomic mass is 79.9. The largest absolute Gasteiger partial charge is 0.340 e. The number of halogens is 2. The molecule has 0 bridgehead atoms. The first-order chi connectivity index (χ1) is 10.1. The van der Waals surface area contributed by atoms with Gasteiger partial charge in [0.05, 0.1) is 5.41 Å². The fraction of sp³-hybridized carbons (Fsp3) is 0.588. The van der Waals surface area contributed by atoms with E-state index in [9.17, 15) is 4.79 Å². The zero-order valence-electron chi connectivity index (χ0n) is 12.8. The highest BCUT2D eigenvalue weighted by Gasteiger charge is 2.45. The summed E-state index contributed by atoms with van der Waals surface area (Å²) >= 11 is 3.54. The molecule has 1 aliphatic heterocycles. The van der Waals surface area contributed by atoms with Crippen molar-refractivity contribution in [1.82, 2.24) is 4.90 Å². The highest BCUT2D eigenvalue weighted by molar-refractivity contribution is 9.10. The van der Waals surface area contributed by atoms with Crippen LogP contribution >= 0.6 is 28.3 Å². The molecule has 1 saturated heterocycles. The van der Waals surface area contributed by atoms with E-state index in [0.29, 0.717) is 12.5 Å². The third-order valence-electron chi connectivity index (χ3n) is 4.99. The lowest BCUT2D eigenvalue weighted by molar-refractivity contribution is -0.138. The minimum atomic E-state index is -0.319. The molecule has 2 aliphatic rings. The van der Waals surface area contributed by atoms with Crippen LogP contribution in [0.2, 0.25) is 0 Å². The molecule has 2 fully saturated rings. The lowest BCUT2D eigenvalue weighted by atomic mass is 9.77. The van der Waals surface area contributed by atoms with Gasteiger partial charge in [0.15, 0.2) is 0 Å². The number of likely N-dealkylation sites (tertiary alicyclic amines) is 1. The Kier molecular flexibility index (Phi) is 5.92. The molecule has 5 heteroatoms. The van der Waals surface area contributed by atoms with Crippen LogP contribution in [0.4, 0.5) is 0 Å². The van der Waals surface area contributed by atoms with E-state index in [-0.39, 0.29) is 23.9 Å². The Morgan fingerprint density at radius 1 is 1.27 bits per heavy atom. The molecule has 1 aromatic rings. The van der Waals surface area contributed by atoms with E-state index in [2.05, 4.69) is 28.1 Å². The number of carbonyl (C=O) groups is 1. The number of nitrogens with zero attached hydrogens (tertiary/aromatic N) is 1. The van der Waals surface area contributed by atoms with E-state index in [1.165, 1.54) is 5.56 Å². The molecule has 2 N–H and O–H groups in total. The van der Waals surface area contributed by atoms with Crippen molar-refractivity contribution in [3.05, 3.63) is 34.3 Å². The molecule has 0 spiro atoms. The van der Waals surface area contributed by atoms with Crippen LogP contribution < -0.4 is 5.73 Å². The van der Waals surface area contributed by atoms with Crippen molar-refractivity contribution >= 4 is 34.2 Å². The molecule has 1 unspecified atom stereocenters. The van der Waals surface area contributed by atoms with Gasteiger partial charge in [0.2, 0.25) is 5.91 Å². The molecule has 3 rings (SSSR count). The molecule has 1 heterocycles. The number of carbonyl (C=O) groups excluding carboxylic acids is 1. The van der Waals surface area contributed by atoms with E-state index in [4.69, 9.17) is 5.73 Å². The number of nitrogens with two attached hydrogens (primary N) is 1. The highest BCUT2D eigenvalue weighted by Crippen LogP contribution is 2.43. The Labute approximate surface area is 147 Å². The Morgan fingerprint density at radius 3 is 2.64 bits per heavy atom. The molecule has 1 amide bonds. The van der Waals surface area contributed by atoms with Gasteiger partial charge in [0, 0.05) is 23.6 Å². The van der Waals surface area contributed by atoms with E-state index < -0.39 is 0 Å². The Balaban J connectivity index is 0.00000176. The summed E-state index contributed by atoms with van der Waals surface area (Å²) in [6.07, 6.45) is 6.27. The monoisotopic (exact) mass is 386 g/mol. The summed E-state index contributed by atoms with van der Waals surface area (Å²) in [5, 5.41) is 0. The van der Waals surface area contributed by atoms with Crippen LogP contribution in [0.3, 0.4) is 0 Å². The SMILES string of the molecule is Cl.NC1CCCN(C(=O)C2(c3cccc(Br)c3)CCCC2)C1. The number of benzene rings is 1. The number of rotatable bonds is 2. The van der Waals surface area contributed by atoms with Gasteiger partial charge in [-0.1, -0.05) is 40.9 Å². The zero-order valence-corrected chi connectivity index (χ0v) is 15.2. The average Bonchev–Trinajstić information content (AvgIpc) is 2.97. The average molecular weight is 388 g/mol. The number of hydrogen-bond acceptors (Lipinski definition) is 2. The van der Waals surface area contributed by atoms with Crippen molar-refractivity contribution < 1.29 is 4.79 Å². The molecule has 1 atom stereocenters. The maximum Gasteiger partial charge on any atom is 0.233 e. The quantitative estimate of drug-likeness (QED) is 0.842. The normalized spacial score (nSPS) is 23.9. The molecular formula is C17H24BrClN2O. The molecule has 22 heavy (non-hydrogen) atoms. The minimum Gasteiger partial charge on any atom is -0.340 e. The second-order valence-corrected chi connectivity index (χ2v) is 7.37. The summed E-state index contributed by atoms with van der Waals surface area (Å²) in [6, 6.07) is 8.43. The number of amides is 1. The van der Waals surface area contributed by atoms with Crippen molar-refractivity contribution in [1.29, 1.82) is 0 Å². The Bertz CT molecular complexity index is 531. The fourth-order valence-corrected chi connectivity index (χ4v) is 4.29. The molecule has 0 aromatic heterocycles. The Hall–Kier alpha value is -0.580. The van der Waals surface area contributed by atoms with Gasteiger partial charge in [-0.05, 0) is 43.4 Å². The van der Waals surface area contributed by atoms with Gasteiger partial charge in [0.25, 0.3) is 0 Å². The zero-order chi connectivity index (χ0) is 14.9. The standard InChI is InChI=1S/C17H23BrN2O.ClH/c18-14-6-3-5-13(11-14)17(8-1-2-9-17)16(21)20-10-4-7-15(19)12-20;/h3,5-6,11,15H,1-2,4,7-10,12,19H2;1H. The molecule has 1 aromatic carbocycles. The summed E-state index contributed by atoms with van der Waals surface area (Å²) in [5.41, 5.74) is 6.91. The van der Waals surface area contributed by atoms with Crippen LogP contribution in [-0.4, -0.2) is 29.9 Å². The van der Waals surface area contributed by atoms with Crippen molar-refractivity contribution in [2.24, 2.45) is 5.73 Å². The summed E-state index contributed by atoms with van der Waals surface area (Å²) in [4.78, 5) is 15.2. The van der Waals surface area contributed by atoms with Crippen molar-refractivity contribution in [2.75, 3.05) is 13.1 Å². The smallest absolute Gasteiger partial charge is 0.233 e. The van der Waals surface area contributed by atoms with Gasteiger partial charge in [0.1, 0.15) is 0 Å². The van der Waals surface area contributed by atoms with Crippen LogP contribution in [0.1, 0.15) is 44.1 Å². The van der Waals surface area contributed by atoms with Crippen LogP contribution in [0.25, 0.3) is 0 Å². The van der Waals surface area contributed by atoms with Gasteiger partial charge < -0.3 is 10.6 Å². The molecule has 1 saturated carbocycles. The summed E-state index contributed by atoms with van der Waals surface area (Å²) in [5.74, 6) is 0.299. The van der Waals surface area contributed by atoms with Crippen molar-refractivity contribution in [3.63, 3.8) is 0 Å². The van der Waals surface area contributed by atoms with E-state index >= 15 is 0 Å². The molecular weight excluding hydrogens is 364 g/mol. The first-order valence-electron chi connectivity index (χ1n) is 7.93. The summed E-state index contributed by atoms with van der Waals surface area (Å²) in [7, 11) is 0. The maximum atomic E-state index is 13.2. The first kappa shape index (κ1) is 17.8. The minimum absolute atomic E-state index is 0. The van der Waals surface area contributed by atoms with Crippen LogP contribution in [0.5, 0.6) is 0 Å². The molecule has 3 nitrogen and oxygen atoms in total. The maximum absolute atomic E-state index is 13.2. The lowest BCUT2D eigenvalue weighted by Crippen LogP contribution is -2.52. The second kappa shape index (κ2) is 7.33. The first-order valence-corrected chi connectivity index (χ1v) is 8.72. The molecule has 122 valence electrons. The number of piperidine rings is 1. The van der Waals surface area contributed by atoms with Crippen LogP contribution in [0.15, 0.2) is 28.7 Å². The topological polar surface area (TPSA) is 46.3 Å². The van der Waals surface area contributed by atoms with Crippen molar-refractivity contribution in [3.8, 4) is 0 Å². The van der Waals surface area contributed by atoms with Gasteiger partial charge in [-0.15, -0.1) is 12.4 Å². The molecule has 1 aliphatic carbocycles. The number of hydrogen-bond donors (Lipinski definition) is 1. The fourth-order valence-electron chi connectivity index (χ4n) is 3.89. The Morgan fingerprint density at radius 2 is 2.00 bits per heavy atom. The lowest BCUT2D eigenvalue weighted by Gasteiger charge is -2.38. The van der Waals surface area contributed by atoms with Gasteiger partial charge in [-0.25, -0.2) is 0 Å². The van der Waals surface area contributed by atoms with Gasteiger partial charge in [-0.3, -0.25) is 4.79 Å². The van der Waals surface area contributed by atoms with Crippen LogP contribution in [-0.2, 0) is 10.2 Å². The second-order valence-electron chi connectivity index (χ2n) is 6.45. The third-order valence-corrected chi connectivity index (χ3v) is 5.48. The van der Waals surface area contributed by atoms with E-state index in [1.807, 2.05) is 17.0 Å². The predicted octanol–water partition coefficient (Wildman–Crippen LogP) is 3.63. The third kappa shape index (κ3) is 3.34. The van der Waals surface area contributed by atoms with Gasteiger partial charge >= 0.3 is 0 Å². The summed E-state index contributed by atoms with van der Waals surface area (Å²) < 4.78 is 1.05. The van der Waals surface area contributed by atoms with Gasteiger partial charge in [-0.2, -0.15) is 0 Å². The van der Waals surface area contributed by atoms with E-state index in [0.717, 1.165) is 49.5 Å².